The molecule has 0 atom stereocenters. The van der Waals surface area contributed by atoms with E-state index in [1.165, 1.54) is 12.3 Å². The van der Waals surface area contributed by atoms with Gasteiger partial charge in [-0.15, -0.1) is 10.2 Å². The monoisotopic (exact) mass is 496 g/mol. The zero-order valence-electron chi connectivity index (χ0n) is 17.7. The molecule has 0 aliphatic carbocycles. The fraction of sp³-hybridized carbons (Fsp3) is 0. The Bertz CT molecular complexity index is 1450. The number of azo groups is 1. The smallest absolute Gasteiger partial charge is 1.00 e. The summed E-state index contributed by atoms with van der Waals surface area (Å²) in [4.78, 5) is 4.04. The van der Waals surface area contributed by atoms with Crippen molar-refractivity contribution in [3.63, 3.8) is 0 Å². The van der Waals surface area contributed by atoms with Gasteiger partial charge in [0.05, 0.1) is 22.6 Å². The number of aromatic nitrogens is 1. The van der Waals surface area contributed by atoms with Crippen LogP contribution in [0.1, 0.15) is 1.43 Å². The van der Waals surface area contributed by atoms with Crippen molar-refractivity contribution in [2.45, 2.75) is 4.90 Å². The van der Waals surface area contributed by atoms with Gasteiger partial charge in [-0.1, -0.05) is 47.5 Å². The van der Waals surface area contributed by atoms with Crippen molar-refractivity contribution in [2.24, 2.45) is 10.2 Å². The summed E-state index contributed by atoms with van der Waals surface area (Å²) in [5.41, 5.74) is 8.25. The predicted octanol–water partition coefficient (Wildman–Crippen LogP) is 3.57. The molecule has 1 aromatic heterocycles. The molecular weight excluding hydrogens is 482 g/mol. The summed E-state index contributed by atoms with van der Waals surface area (Å²) in [6.45, 7) is 0. The number of nitrogens with two attached hydrogens (primary N) is 1. The van der Waals surface area contributed by atoms with E-state index < -0.39 is 10.1 Å². The second kappa shape index (κ2) is 9.84. The average Bonchev–Trinajstić information content (AvgIpc) is 2.73. The van der Waals surface area contributed by atoms with E-state index in [9.17, 15) is 13.0 Å². The summed E-state index contributed by atoms with van der Waals surface area (Å²) < 4.78 is 33.2. The van der Waals surface area contributed by atoms with Crippen LogP contribution in [-0.4, -0.2) is 18.0 Å². The molecule has 0 spiro atoms. The van der Waals surface area contributed by atoms with E-state index in [1.54, 1.807) is 54.6 Å². The molecule has 0 radical (unpaired) electrons. The van der Waals surface area contributed by atoms with E-state index >= 15 is 0 Å². The van der Waals surface area contributed by atoms with Gasteiger partial charge in [0.1, 0.15) is 16.3 Å². The molecule has 11 heteroatoms. The number of halogens is 2. The Balaban J connectivity index is 0.00000193. The minimum absolute atomic E-state index is 0. The summed E-state index contributed by atoms with van der Waals surface area (Å²) in [6.07, 6.45) is 1.49. The molecule has 7 nitrogen and oxygen atoms in total. The van der Waals surface area contributed by atoms with Gasteiger partial charge in [0.25, 0.3) is 10.1 Å². The van der Waals surface area contributed by atoms with Crippen LogP contribution in [0.2, 0.25) is 10.0 Å². The third-order valence-corrected chi connectivity index (χ3v) is 5.97. The van der Waals surface area contributed by atoms with Crippen molar-refractivity contribution in [1.82, 2.24) is 4.98 Å². The Hall–Kier alpha value is -2.04. The number of anilines is 1. The van der Waals surface area contributed by atoms with Crippen LogP contribution in [0.3, 0.4) is 0 Å². The predicted molar refractivity (Wildman–Crippen MR) is 123 cm³/mol. The van der Waals surface area contributed by atoms with Gasteiger partial charge >= 0.3 is 29.6 Å². The van der Waals surface area contributed by atoms with Crippen LogP contribution in [-0.2, 0) is 10.1 Å². The van der Waals surface area contributed by atoms with Crippen LogP contribution in [0.4, 0.5) is 17.1 Å². The number of hydrogen-bond acceptors (Lipinski definition) is 6. The molecule has 0 saturated carbocycles. The van der Waals surface area contributed by atoms with E-state index in [1.807, 2.05) is 0 Å². The maximum atomic E-state index is 11.8. The van der Waals surface area contributed by atoms with Crippen molar-refractivity contribution in [2.75, 3.05) is 5.73 Å². The van der Waals surface area contributed by atoms with Gasteiger partial charge in [-0.3, -0.25) is 9.54 Å². The molecule has 32 heavy (non-hydrogen) atoms. The fourth-order valence-corrected chi connectivity index (χ4v) is 4.28. The van der Waals surface area contributed by atoms with Crippen molar-refractivity contribution in [3.05, 3.63) is 76.9 Å². The first-order chi connectivity index (χ1) is 14.7. The summed E-state index contributed by atoms with van der Waals surface area (Å²) in [6, 6.07) is 16.2. The fourth-order valence-electron chi connectivity index (χ4n) is 3.06. The number of hydrogen-bond donors (Lipinski definition) is 2. The molecule has 158 valence electrons. The SMILES string of the molecule is Nc1c(N=Nc2ccc(-c3ccc(Cl)cc3Cl)nc2)cc(S(=O)(=O)O)c2ccccc12.[H-].[Na+]. The van der Waals surface area contributed by atoms with E-state index in [0.717, 1.165) is 0 Å². The molecule has 0 aliphatic rings. The number of pyridine rings is 1. The minimum Gasteiger partial charge on any atom is -1.00 e. The zero-order chi connectivity index (χ0) is 22.2. The van der Waals surface area contributed by atoms with Gasteiger partial charge in [-0.25, -0.2) is 0 Å². The van der Waals surface area contributed by atoms with Crippen LogP contribution in [0.15, 0.2) is 82.0 Å². The Morgan fingerprint density at radius 3 is 2.31 bits per heavy atom. The molecule has 4 rings (SSSR count). The topological polar surface area (TPSA) is 118 Å². The Morgan fingerprint density at radius 1 is 0.969 bits per heavy atom. The second-order valence-electron chi connectivity index (χ2n) is 6.55. The number of benzene rings is 3. The first-order valence-electron chi connectivity index (χ1n) is 8.86. The normalized spacial score (nSPS) is 11.6. The third kappa shape index (κ3) is 5.13. The summed E-state index contributed by atoms with van der Waals surface area (Å²) >= 11 is 12.1. The molecule has 0 bridgehead atoms. The molecule has 3 N–H and O–H groups in total. The first-order valence-corrected chi connectivity index (χ1v) is 11.1. The minimum atomic E-state index is -4.49. The average molecular weight is 497 g/mol. The van der Waals surface area contributed by atoms with E-state index in [0.29, 0.717) is 37.8 Å². The van der Waals surface area contributed by atoms with E-state index in [-0.39, 0.29) is 47.3 Å². The maximum absolute atomic E-state index is 11.8. The van der Waals surface area contributed by atoms with Gasteiger partial charge < -0.3 is 7.16 Å². The van der Waals surface area contributed by atoms with Crippen molar-refractivity contribution < 1.29 is 44.0 Å². The maximum Gasteiger partial charge on any atom is 1.00 e. The zero-order valence-corrected chi connectivity index (χ0v) is 21.0. The van der Waals surface area contributed by atoms with Gasteiger partial charge in [0, 0.05) is 21.4 Å². The molecular formula is C21H15Cl2N4NaO3S. The third-order valence-electron chi connectivity index (χ3n) is 4.53. The Labute approximate surface area is 217 Å². The van der Waals surface area contributed by atoms with Gasteiger partial charge in [-0.2, -0.15) is 8.42 Å². The second-order valence-corrected chi connectivity index (χ2v) is 8.79. The molecule has 0 fully saturated rings. The molecule has 0 unspecified atom stereocenters. The number of nitrogens with zero attached hydrogens (tertiary/aromatic N) is 3. The molecule has 4 aromatic rings. The number of rotatable bonds is 4. The van der Waals surface area contributed by atoms with Crippen molar-refractivity contribution >= 4 is 61.2 Å². The van der Waals surface area contributed by atoms with E-state index in [2.05, 4.69) is 15.2 Å². The molecule has 0 saturated heterocycles. The Morgan fingerprint density at radius 2 is 1.69 bits per heavy atom. The summed E-state index contributed by atoms with van der Waals surface area (Å²) in [5, 5.41) is 9.90. The number of fused-ring (bicyclic) bond motifs is 1. The molecule has 0 amide bonds. The van der Waals surface area contributed by atoms with E-state index in [4.69, 9.17) is 28.9 Å². The molecule has 1 heterocycles. The van der Waals surface area contributed by atoms with Crippen LogP contribution >= 0.6 is 23.2 Å². The van der Waals surface area contributed by atoms with Crippen molar-refractivity contribution in [1.29, 1.82) is 0 Å². The van der Waals surface area contributed by atoms with Crippen LogP contribution in [0.5, 0.6) is 0 Å². The van der Waals surface area contributed by atoms with Gasteiger partial charge in [0.2, 0.25) is 0 Å². The van der Waals surface area contributed by atoms with Gasteiger partial charge in [0.15, 0.2) is 0 Å². The number of nitrogen functional groups attached to an aromatic ring is 1. The van der Waals surface area contributed by atoms with Crippen LogP contribution in [0.25, 0.3) is 22.0 Å². The van der Waals surface area contributed by atoms with Gasteiger partial charge in [-0.05, 0) is 36.4 Å². The molecule has 3 aromatic carbocycles. The first kappa shape index (κ1) is 24.6. The standard InChI is InChI=1S/C21H14Cl2N4O3S.Na.H/c22-12-5-7-16(17(23)9-12)18-8-6-13(11-25-18)26-27-19-10-20(31(28,29)30)14-3-1-2-4-15(14)21(19)24;;/h1-11H,24H2,(H,28,29,30);;/q;+1;-1. The van der Waals surface area contributed by atoms with Crippen LogP contribution in [0, 0.1) is 0 Å². The Kier molecular flexibility index (Phi) is 7.57. The largest absolute Gasteiger partial charge is 1.00 e. The summed E-state index contributed by atoms with van der Waals surface area (Å²) in [7, 11) is -4.49. The summed E-state index contributed by atoms with van der Waals surface area (Å²) in [5.74, 6) is 0. The van der Waals surface area contributed by atoms with Crippen molar-refractivity contribution in [3.8, 4) is 11.3 Å². The quantitative estimate of drug-likeness (QED) is 0.194. The molecule has 0 aliphatic heterocycles. The van der Waals surface area contributed by atoms with Crippen LogP contribution < -0.4 is 35.3 Å².